The third-order valence-corrected chi connectivity index (χ3v) is 4.84. The predicted octanol–water partition coefficient (Wildman–Crippen LogP) is 8.01. The summed E-state index contributed by atoms with van der Waals surface area (Å²) in [5.41, 5.74) is 6.45. The fourth-order valence-electron chi connectivity index (χ4n) is 2.81. The van der Waals surface area contributed by atoms with E-state index >= 15 is 0 Å². The molecule has 0 saturated heterocycles. The average molecular weight is 866 g/mol. The summed E-state index contributed by atoms with van der Waals surface area (Å²) in [5.74, 6) is 0. The number of pyridine rings is 4. The number of hydrogen-bond acceptors (Lipinski definition) is 8. The molecule has 48 heavy (non-hydrogen) atoms. The number of rotatable bonds is 6. The molecule has 8 nitrogen and oxygen atoms in total. The summed E-state index contributed by atoms with van der Waals surface area (Å²) in [7, 11) is -12.0. The molecule has 4 aromatic heterocycles. The zero-order valence-electron chi connectivity index (χ0n) is 25.6. The molecule has 0 aliphatic heterocycles. The van der Waals surface area contributed by atoms with E-state index in [2.05, 4.69) is 40.3 Å². The Morgan fingerprint density at radius 2 is 0.562 bits per heavy atom. The molecule has 4 aromatic rings. The monoisotopic (exact) mass is 864 g/mol. The predicted molar refractivity (Wildman–Crippen MR) is 166 cm³/mol. The minimum atomic E-state index is -6.00. The molecule has 0 aliphatic rings. The molecule has 0 aliphatic carbocycles. The smallest absolute Gasteiger partial charge is 0.418 e. The first-order valence-corrected chi connectivity index (χ1v) is 13.1. The van der Waals surface area contributed by atoms with Crippen LogP contribution in [0, 0.1) is 0 Å². The molecule has 0 fully saturated rings. The Morgan fingerprint density at radius 3 is 0.688 bits per heavy atom. The van der Waals surface area contributed by atoms with Crippen LogP contribution in [0.3, 0.4) is 0 Å². The topological polar surface area (TPSA) is 101 Å². The van der Waals surface area contributed by atoms with E-state index in [0.29, 0.717) is 0 Å². The van der Waals surface area contributed by atoms with Crippen LogP contribution in [0.2, 0.25) is 0 Å². The first kappa shape index (κ1) is 46.4. The first-order chi connectivity index (χ1) is 21.5. The molecule has 0 amide bonds. The molecule has 0 unspecified atom stereocenters. The van der Waals surface area contributed by atoms with Gasteiger partial charge in [-0.1, -0.05) is 24.3 Å². The van der Waals surface area contributed by atoms with Gasteiger partial charge in [-0.2, -0.15) is 20.4 Å². The number of halogens is 8. The van der Waals surface area contributed by atoms with Crippen molar-refractivity contribution in [3.05, 3.63) is 120 Å². The third-order valence-electron chi connectivity index (χ3n) is 4.84. The largest absolute Gasteiger partial charge is 1.00 e. The van der Waals surface area contributed by atoms with Crippen LogP contribution in [0.4, 0.5) is 34.5 Å². The molecule has 264 valence electrons. The molecule has 0 radical (unpaired) electrons. The van der Waals surface area contributed by atoms with Crippen molar-refractivity contribution in [1.29, 1.82) is 0 Å². The van der Waals surface area contributed by atoms with Crippen LogP contribution in [0.5, 0.6) is 0 Å². The van der Waals surface area contributed by atoms with Gasteiger partial charge < -0.3 is 34.5 Å². The number of nitrogens with zero attached hydrogens (tertiary/aromatic N) is 8. The zero-order chi connectivity index (χ0) is 34.6. The van der Waals surface area contributed by atoms with Crippen LogP contribution in [0.1, 0.15) is 50.5 Å². The van der Waals surface area contributed by atoms with Crippen LogP contribution in [0.25, 0.3) is 0 Å². The van der Waals surface area contributed by atoms with Gasteiger partial charge in [0.05, 0.1) is 45.6 Å². The van der Waals surface area contributed by atoms with Crippen molar-refractivity contribution in [1.82, 2.24) is 19.9 Å². The summed E-state index contributed by atoms with van der Waals surface area (Å²) in [4.78, 5) is 16.9. The third kappa shape index (κ3) is 24.5. The first-order valence-electron chi connectivity index (χ1n) is 13.1. The summed E-state index contributed by atoms with van der Waals surface area (Å²) in [6.45, 7) is 7.55. The second-order valence-electron chi connectivity index (χ2n) is 8.59. The SMILES string of the molecule is C/C(=N\N=C(/C)c1ccccn1)c1ccccn1.C/C(=N\N=C(/C)c1ccccn1)c1ccccn1.F[B-](F)(F)F.F[B-](F)(F)F.[Ag+].[Ag+]. The van der Waals surface area contributed by atoms with Gasteiger partial charge in [0.2, 0.25) is 0 Å². The van der Waals surface area contributed by atoms with Gasteiger partial charge in [-0.15, -0.1) is 0 Å². The summed E-state index contributed by atoms with van der Waals surface area (Å²) in [6.07, 6.45) is 6.96. The van der Waals surface area contributed by atoms with E-state index in [1.54, 1.807) is 24.8 Å². The maximum atomic E-state index is 9.75. The zero-order valence-corrected chi connectivity index (χ0v) is 28.6. The Bertz CT molecular complexity index is 1330. The van der Waals surface area contributed by atoms with Crippen molar-refractivity contribution in [3.63, 3.8) is 0 Å². The molecule has 0 atom stereocenters. The molecular formula is C28H28Ag2B2F8N8. The second kappa shape index (κ2) is 24.5. The summed E-state index contributed by atoms with van der Waals surface area (Å²) in [5, 5.41) is 16.7. The van der Waals surface area contributed by atoms with Crippen molar-refractivity contribution >= 4 is 37.4 Å². The van der Waals surface area contributed by atoms with E-state index in [4.69, 9.17) is 0 Å². The minimum absolute atomic E-state index is 0. The molecule has 4 heterocycles. The van der Waals surface area contributed by atoms with E-state index in [9.17, 15) is 34.5 Å². The van der Waals surface area contributed by atoms with Crippen molar-refractivity contribution < 1.29 is 79.3 Å². The fourth-order valence-corrected chi connectivity index (χ4v) is 2.81. The van der Waals surface area contributed by atoms with Crippen LogP contribution in [0.15, 0.2) is 118 Å². The second-order valence-corrected chi connectivity index (χ2v) is 8.59. The quantitative estimate of drug-likeness (QED) is 0.0849. The van der Waals surface area contributed by atoms with Gasteiger partial charge in [0.1, 0.15) is 0 Å². The van der Waals surface area contributed by atoms with E-state index < -0.39 is 14.5 Å². The Labute approximate surface area is 303 Å². The van der Waals surface area contributed by atoms with E-state index in [-0.39, 0.29) is 44.8 Å². The van der Waals surface area contributed by atoms with Gasteiger partial charge in [0.25, 0.3) is 0 Å². The Kier molecular flexibility index (Phi) is 23.7. The van der Waals surface area contributed by atoms with Gasteiger partial charge in [0, 0.05) is 24.8 Å². The number of aromatic nitrogens is 4. The average Bonchev–Trinajstić information content (AvgIpc) is 3.02. The maximum absolute atomic E-state index is 9.75. The van der Waals surface area contributed by atoms with Crippen molar-refractivity contribution in [2.75, 3.05) is 0 Å². The van der Waals surface area contributed by atoms with Gasteiger partial charge in [0.15, 0.2) is 0 Å². The molecular weight excluding hydrogens is 838 g/mol. The van der Waals surface area contributed by atoms with Crippen LogP contribution in [-0.2, 0) is 44.8 Å². The molecule has 0 aromatic carbocycles. The molecule has 0 saturated carbocycles. The molecule has 0 spiro atoms. The van der Waals surface area contributed by atoms with Gasteiger partial charge in [-0.05, 0) is 76.2 Å². The molecule has 0 bridgehead atoms. The maximum Gasteiger partial charge on any atom is 1.00 e. The molecule has 20 heteroatoms. The molecule has 0 N–H and O–H groups in total. The summed E-state index contributed by atoms with van der Waals surface area (Å²) < 4.78 is 78.0. The Morgan fingerprint density at radius 1 is 0.396 bits per heavy atom. The van der Waals surface area contributed by atoms with Crippen LogP contribution >= 0.6 is 0 Å². The van der Waals surface area contributed by atoms with Crippen LogP contribution in [-0.4, -0.2) is 57.3 Å². The van der Waals surface area contributed by atoms with Crippen molar-refractivity contribution in [2.45, 2.75) is 27.7 Å². The van der Waals surface area contributed by atoms with E-state index in [0.717, 1.165) is 45.6 Å². The minimum Gasteiger partial charge on any atom is -0.418 e. The number of hydrogen-bond donors (Lipinski definition) is 0. The Hall–Kier alpha value is -3.67. The normalized spacial score (nSPS) is 11.9. The van der Waals surface area contributed by atoms with Gasteiger partial charge in [-0.3, -0.25) is 19.9 Å². The fraction of sp³-hybridized carbons (Fsp3) is 0.143. The van der Waals surface area contributed by atoms with E-state index in [1.165, 1.54) is 0 Å². The van der Waals surface area contributed by atoms with Crippen molar-refractivity contribution in [3.8, 4) is 0 Å². The summed E-state index contributed by atoms with van der Waals surface area (Å²) in [6, 6.07) is 22.8. The molecule has 4 rings (SSSR count). The summed E-state index contributed by atoms with van der Waals surface area (Å²) >= 11 is 0. The van der Waals surface area contributed by atoms with Gasteiger partial charge in [-0.25, -0.2) is 0 Å². The Balaban J connectivity index is 0. The van der Waals surface area contributed by atoms with E-state index in [1.807, 2.05) is 100 Å². The van der Waals surface area contributed by atoms with Crippen LogP contribution < -0.4 is 0 Å². The van der Waals surface area contributed by atoms with Gasteiger partial charge >= 0.3 is 59.3 Å². The standard InChI is InChI=1S/2C14H14N4.2Ag.2BF4/c2*1-11(13-7-3-5-9-15-13)17-18-12(2)14-8-4-6-10-16-14;;;2*2-1(3,4)5/h2*3-10H,1-2H3;;;;/q;;2*+1;2*-1/b2*17-11+,18-12+;;;;. The van der Waals surface area contributed by atoms with Crippen molar-refractivity contribution in [2.24, 2.45) is 20.4 Å².